The van der Waals surface area contributed by atoms with Crippen molar-refractivity contribution < 1.29 is 9.53 Å². The molecule has 0 bridgehead atoms. The van der Waals surface area contributed by atoms with Gasteiger partial charge in [0.1, 0.15) is 0 Å². The number of aromatic nitrogens is 2. The van der Waals surface area contributed by atoms with Gasteiger partial charge in [-0.15, -0.1) is 0 Å². The van der Waals surface area contributed by atoms with Gasteiger partial charge in [-0.25, -0.2) is 4.79 Å². The van der Waals surface area contributed by atoms with E-state index in [0.29, 0.717) is 0 Å². The highest BCUT2D eigenvalue weighted by molar-refractivity contribution is 5.86. The Morgan fingerprint density at radius 3 is 2.95 bits per heavy atom. The van der Waals surface area contributed by atoms with Gasteiger partial charge in [0, 0.05) is 25.0 Å². The zero-order chi connectivity index (χ0) is 13.1. The summed E-state index contributed by atoms with van der Waals surface area (Å²) in [6, 6.07) is 1.91. The molecule has 1 aromatic heterocycles. The molecule has 0 amide bonds. The van der Waals surface area contributed by atoms with Crippen molar-refractivity contribution in [2.45, 2.75) is 44.2 Å². The van der Waals surface area contributed by atoms with E-state index in [1.165, 1.54) is 6.42 Å². The molecule has 1 aromatic rings. The number of nitrogens with zero attached hydrogens (tertiary/aromatic N) is 2. The zero-order valence-electron chi connectivity index (χ0n) is 11.0. The predicted molar refractivity (Wildman–Crippen MR) is 70.2 cm³/mol. The molecule has 0 aromatic carbocycles. The smallest absolute Gasteiger partial charge is 0.333 e. The number of esters is 1. The molecule has 3 rings (SSSR count). The van der Waals surface area contributed by atoms with Crippen molar-refractivity contribution in [3.8, 4) is 0 Å². The molecule has 0 radical (unpaired) electrons. The highest BCUT2D eigenvalue weighted by Crippen LogP contribution is 2.39. The van der Waals surface area contributed by atoms with Gasteiger partial charge in [0.2, 0.25) is 0 Å². The van der Waals surface area contributed by atoms with Crippen LogP contribution in [0.5, 0.6) is 0 Å². The van der Waals surface area contributed by atoms with Crippen LogP contribution in [0, 0.1) is 0 Å². The minimum atomic E-state index is -0.362. The van der Waals surface area contributed by atoms with Crippen LogP contribution in [0.15, 0.2) is 30.2 Å². The second-order valence-electron chi connectivity index (χ2n) is 5.23. The Morgan fingerprint density at radius 2 is 2.21 bits per heavy atom. The fraction of sp³-hybridized carbons (Fsp3) is 0.571. The highest BCUT2D eigenvalue weighted by atomic mass is 16.6. The predicted octanol–water partition coefficient (Wildman–Crippen LogP) is 1.62. The molecule has 19 heavy (non-hydrogen) atoms. The van der Waals surface area contributed by atoms with Gasteiger partial charge >= 0.3 is 5.97 Å². The summed E-state index contributed by atoms with van der Waals surface area (Å²) < 4.78 is 7.45. The SMILES string of the molecule is O=C1C=C(NCCn2cccn2)C2(CCCCC2)O1. The lowest BCUT2D eigenvalue weighted by Gasteiger charge is -2.34. The maximum Gasteiger partial charge on any atom is 0.333 e. The molecule has 1 fully saturated rings. The minimum Gasteiger partial charge on any atom is -0.449 e. The molecular formula is C14H19N3O2. The summed E-state index contributed by atoms with van der Waals surface area (Å²) in [7, 11) is 0. The fourth-order valence-electron chi connectivity index (χ4n) is 2.97. The molecule has 5 nitrogen and oxygen atoms in total. The molecule has 1 aliphatic heterocycles. The molecule has 0 unspecified atom stereocenters. The minimum absolute atomic E-state index is 0.205. The van der Waals surface area contributed by atoms with E-state index in [-0.39, 0.29) is 11.6 Å². The third kappa shape index (κ3) is 2.50. The van der Waals surface area contributed by atoms with Crippen LogP contribution in [0.3, 0.4) is 0 Å². The van der Waals surface area contributed by atoms with Crippen molar-refractivity contribution in [1.82, 2.24) is 15.1 Å². The van der Waals surface area contributed by atoms with Crippen molar-refractivity contribution in [3.63, 3.8) is 0 Å². The summed E-state index contributed by atoms with van der Waals surface area (Å²) in [5, 5.41) is 7.52. The zero-order valence-corrected chi connectivity index (χ0v) is 11.0. The number of carbonyl (C=O) groups is 1. The fourth-order valence-corrected chi connectivity index (χ4v) is 2.97. The number of nitrogens with one attached hydrogen (secondary N) is 1. The number of rotatable bonds is 4. The van der Waals surface area contributed by atoms with E-state index in [2.05, 4.69) is 10.4 Å². The first-order valence-electron chi connectivity index (χ1n) is 6.95. The summed E-state index contributed by atoms with van der Waals surface area (Å²) in [5.74, 6) is -0.205. The number of hydrogen-bond acceptors (Lipinski definition) is 4. The first-order valence-corrected chi connectivity index (χ1v) is 6.95. The van der Waals surface area contributed by atoms with Crippen molar-refractivity contribution in [1.29, 1.82) is 0 Å². The Kier molecular flexibility index (Phi) is 3.27. The highest BCUT2D eigenvalue weighted by Gasteiger charge is 2.43. The van der Waals surface area contributed by atoms with Gasteiger partial charge in [-0.3, -0.25) is 4.68 Å². The largest absolute Gasteiger partial charge is 0.449 e. The first-order chi connectivity index (χ1) is 9.28. The standard InChI is InChI=1S/C14H19N3O2/c18-13-11-12(14(19-13)5-2-1-3-6-14)15-8-10-17-9-4-7-16-17/h4,7,9,11,15H,1-3,5-6,8,10H2. The van der Waals surface area contributed by atoms with Crippen LogP contribution in [0.25, 0.3) is 0 Å². The Bertz CT molecular complexity index is 473. The summed E-state index contributed by atoms with van der Waals surface area (Å²) in [6.07, 6.45) is 10.7. The van der Waals surface area contributed by atoms with E-state index in [1.807, 2.05) is 16.9 Å². The van der Waals surface area contributed by atoms with Crippen LogP contribution in [-0.2, 0) is 16.1 Å². The lowest BCUT2D eigenvalue weighted by molar-refractivity contribution is -0.148. The van der Waals surface area contributed by atoms with Crippen LogP contribution in [0.4, 0.5) is 0 Å². The van der Waals surface area contributed by atoms with Crippen LogP contribution in [0.1, 0.15) is 32.1 Å². The van der Waals surface area contributed by atoms with Crippen molar-refractivity contribution in [2.24, 2.45) is 0 Å². The molecule has 5 heteroatoms. The third-order valence-corrected chi connectivity index (χ3v) is 3.93. The van der Waals surface area contributed by atoms with E-state index in [4.69, 9.17) is 4.74 Å². The third-order valence-electron chi connectivity index (χ3n) is 3.93. The number of hydrogen-bond donors (Lipinski definition) is 1. The lowest BCUT2D eigenvalue weighted by atomic mass is 9.83. The second-order valence-corrected chi connectivity index (χ2v) is 5.23. The Balaban J connectivity index is 1.61. The average Bonchev–Trinajstić information content (AvgIpc) is 3.00. The first kappa shape index (κ1) is 12.3. The second kappa shape index (κ2) is 5.07. The van der Waals surface area contributed by atoms with Crippen LogP contribution in [-0.4, -0.2) is 27.9 Å². The maximum absolute atomic E-state index is 11.6. The summed E-state index contributed by atoms with van der Waals surface area (Å²) in [6.45, 7) is 1.54. The quantitative estimate of drug-likeness (QED) is 0.837. The van der Waals surface area contributed by atoms with E-state index in [0.717, 1.165) is 44.5 Å². The Labute approximate surface area is 112 Å². The summed E-state index contributed by atoms with van der Waals surface area (Å²) >= 11 is 0. The number of carbonyl (C=O) groups excluding carboxylic acids is 1. The molecule has 1 aliphatic carbocycles. The van der Waals surface area contributed by atoms with Crippen LogP contribution < -0.4 is 5.32 Å². The molecule has 1 N–H and O–H groups in total. The van der Waals surface area contributed by atoms with E-state index in [1.54, 1.807) is 12.3 Å². The maximum atomic E-state index is 11.6. The molecule has 1 saturated carbocycles. The molecule has 2 heterocycles. The van der Waals surface area contributed by atoms with E-state index in [9.17, 15) is 4.79 Å². The van der Waals surface area contributed by atoms with Crippen molar-refractivity contribution >= 4 is 5.97 Å². The van der Waals surface area contributed by atoms with Gasteiger partial charge in [-0.2, -0.15) is 5.10 Å². The van der Waals surface area contributed by atoms with Gasteiger partial charge in [0.05, 0.1) is 12.2 Å². The Morgan fingerprint density at radius 1 is 1.37 bits per heavy atom. The average molecular weight is 261 g/mol. The molecule has 2 aliphatic rings. The molecule has 0 saturated heterocycles. The Hall–Kier alpha value is -1.78. The molecule has 102 valence electrons. The summed E-state index contributed by atoms with van der Waals surface area (Å²) in [4.78, 5) is 11.6. The summed E-state index contributed by atoms with van der Waals surface area (Å²) in [5.41, 5.74) is 0.601. The lowest BCUT2D eigenvalue weighted by Crippen LogP contribution is -2.40. The van der Waals surface area contributed by atoms with Crippen molar-refractivity contribution in [3.05, 3.63) is 30.2 Å². The van der Waals surface area contributed by atoms with Gasteiger partial charge in [-0.1, -0.05) is 6.42 Å². The van der Waals surface area contributed by atoms with Crippen molar-refractivity contribution in [2.75, 3.05) is 6.54 Å². The van der Waals surface area contributed by atoms with Gasteiger partial charge in [0.15, 0.2) is 5.60 Å². The van der Waals surface area contributed by atoms with E-state index >= 15 is 0 Å². The topological polar surface area (TPSA) is 56.2 Å². The van der Waals surface area contributed by atoms with E-state index < -0.39 is 0 Å². The monoisotopic (exact) mass is 261 g/mol. The molecular weight excluding hydrogens is 242 g/mol. The normalized spacial score (nSPS) is 21.3. The number of ether oxygens (including phenoxy) is 1. The van der Waals surface area contributed by atoms with Crippen LogP contribution >= 0.6 is 0 Å². The molecule has 0 atom stereocenters. The van der Waals surface area contributed by atoms with Gasteiger partial charge in [0.25, 0.3) is 0 Å². The molecule has 1 spiro atoms. The van der Waals surface area contributed by atoms with Crippen LogP contribution in [0.2, 0.25) is 0 Å². The van der Waals surface area contributed by atoms with Gasteiger partial charge in [-0.05, 0) is 31.7 Å². The van der Waals surface area contributed by atoms with Gasteiger partial charge < -0.3 is 10.1 Å².